The van der Waals surface area contributed by atoms with Crippen LogP contribution < -0.4 is 0 Å². The first-order chi connectivity index (χ1) is 9.93. The molecule has 1 aliphatic heterocycles. The third-order valence-corrected chi connectivity index (χ3v) is 4.21. The zero-order valence-corrected chi connectivity index (χ0v) is 13.2. The first kappa shape index (κ1) is 15.5. The van der Waals surface area contributed by atoms with E-state index in [9.17, 15) is 9.59 Å². The highest BCUT2D eigenvalue weighted by Gasteiger charge is 2.34. The van der Waals surface area contributed by atoms with Gasteiger partial charge in [-0.2, -0.15) is 0 Å². The number of hydrogen-bond donors (Lipinski definition) is 0. The predicted molar refractivity (Wildman–Crippen MR) is 81.1 cm³/mol. The molecule has 0 spiro atoms. The van der Waals surface area contributed by atoms with Crippen molar-refractivity contribution in [2.75, 3.05) is 13.7 Å². The maximum atomic E-state index is 12.6. The molecule has 1 amide bonds. The Hall–Kier alpha value is -1.84. The molecule has 0 radical (unpaired) electrons. The van der Waals surface area contributed by atoms with Crippen LogP contribution in [0.2, 0.25) is 0 Å². The quantitative estimate of drug-likeness (QED) is 0.802. The molecule has 21 heavy (non-hydrogen) atoms. The molecular weight excluding hydrogens is 266 g/mol. The second kappa shape index (κ2) is 6.29. The summed E-state index contributed by atoms with van der Waals surface area (Å²) in [5.41, 5.74) is 4.54. The molecule has 1 aromatic carbocycles. The van der Waals surface area contributed by atoms with Gasteiger partial charge >= 0.3 is 5.97 Å². The van der Waals surface area contributed by atoms with Crippen LogP contribution in [-0.2, 0) is 20.7 Å². The van der Waals surface area contributed by atoms with Crippen LogP contribution in [0, 0.1) is 20.8 Å². The lowest BCUT2D eigenvalue weighted by Crippen LogP contribution is -2.42. The molecule has 0 bridgehead atoms. The molecule has 0 saturated carbocycles. The topological polar surface area (TPSA) is 46.6 Å². The molecule has 1 heterocycles. The van der Waals surface area contributed by atoms with E-state index >= 15 is 0 Å². The number of esters is 1. The van der Waals surface area contributed by atoms with Gasteiger partial charge in [0.25, 0.3) is 0 Å². The lowest BCUT2D eigenvalue weighted by molar-refractivity contribution is -0.150. The Balaban J connectivity index is 2.17. The molecule has 1 fully saturated rings. The summed E-state index contributed by atoms with van der Waals surface area (Å²) in [6, 6.07) is 3.78. The lowest BCUT2D eigenvalue weighted by Gasteiger charge is -2.23. The van der Waals surface area contributed by atoms with Crippen molar-refractivity contribution in [2.24, 2.45) is 0 Å². The van der Waals surface area contributed by atoms with Gasteiger partial charge in [-0.15, -0.1) is 0 Å². The van der Waals surface area contributed by atoms with Crippen LogP contribution in [-0.4, -0.2) is 36.5 Å². The van der Waals surface area contributed by atoms with E-state index in [1.54, 1.807) is 4.90 Å². The summed E-state index contributed by atoms with van der Waals surface area (Å²) in [4.78, 5) is 26.0. The SMILES string of the molecule is COC(=O)C1CCCN1C(=O)Cc1c(C)cc(C)cc1C. The van der Waals surface area contributed by atoms with Gasteiger partial charge in [0, 0.05) is 6.54 Å². The molecule has 114 valence electrons. The van der Waals surface area contributed by atoms with Crippen molar-refractivity contribution in [3.63, 3.8) is 0 Å². The predicted octanol–water partition coefficient (Wildman–Crippen LogP) is 2.32. The van der Waals surface area contributed by atoms with E-state index in [1.807, 2.05) is 13.8 Å². The third-order valence-electron chi connectivity index (χ3n) is 4.21. The van der Waals surface area contributed by atoms with Crippen LogP contribution in [0.4, 0.5) is 0 Å². The highest BCUT2D eigenvalue weighted by Crippen LogP contribution is 2.22. The summed E-state index contributed by atoms with van der Waals surface area (Å²) in [7, 11) is 1.37. The Labute approximate surface area is 126 Å². The molecular formula is C17H23NO3. The average Bonchev–Trinajstić information content (AvgIpc) is 2.91. The fourth-order valence-electron chi connectivity index (χ4n) is 3.19. The Morgan fingerprint density at radius 3 is 2.43 bits per heavy atom. The van der Waals surface area contributed by atoms with E-state index in [2.05, 4.69) is 19.1 Å². The van der Waals surface area contributed by atoms with Crippen LogP contribution in [0.1, 0.15) is 35.1 Å². The second-order valence-electron chi connectivity index (χ2n) is 5.82. The first-order valence-corrected chi connectivity index (χ1v) is 7.38. The van der Waals surface area contributed by atoms with Crippen molar-refractivity contribution >= 4 is 11.9 Å². The molecule has 0 N–H and O–H groups in total. The largest absolute Gasteiger partial charge is 0.467 e. The number of carbonyl (C=O) groups is 2. The molecule has 1 aliphatic rings. The lowest BCUT2D eigenvalue weighted by atomic mass is 9.97. The number of ether oxygens (including phenoxy) is 1. The van der Waals surface area contributed by atoms with Gasteiger partial charge in [-0.1, -0.05) is 17.7 Å². The normalized spacial score (nSPS) is 17.9. The highest BCUT2D eigenvalue weighted by molar-refractivity contribution is 5.86. The minimum absolute atomic E-state index is 0.0120. The number of benzene rings is 1. The van der Waals surface area contributed by atoms with Crippen molar-refractivity contribution in [3.05, 3.63) is 34.4 Å². The molecule has 4 heteroatoms. The maximum absolute atomic E-state index is 12.6. The van der Waals surface area contributed by atoms with Gasteiger partial charge in [-0.3, -0.25) is 4.79 Å². The summed E-state index contributed by atoms with van der Waals surface area (Å²) in [6.07, 6.45) is 1.91. The Morgan fingerprint density at radius 2 is 1.86 bits per heavy atom. The molecule has 4 nitrogen and oxygen atoms in total. The number of carbonyl (C=O) groups excluding carboxylic acids is 2. The highest BCUT2D eigenvalue weighted by atomic mass is 16.5. The third kappa shape index (κ3) is 3.26. The molecule has 1 atom stereocenters. The van der Waals surface area contributed by atoms with Crippen molar-refractivity contribution in [1.82, 2.24) is 4.90 Å². The molecule has 1 unspecified atom stereocenters. The summed E-state index contributed by atoms with van der Waals surface area (Å²) in [6.45, 7) is 6.76. The number of aryl methyl sites for hydroxylation is 3. The van der Waals surface area contributed by atoms with Crippen LogP contribution in [0.5, 0.6) is 0 Å². The van der Waals surface area contributed by atoms with Gasteiger partial charge in [0.1, 0.15) is 6.04 Å². The Morgan fingerprint density at radius 1 is 1.24 bits per heavy atom. The summed E-state index contributed by atoms with van der Waals surface area (Å²) < 4.78 is 4.80. The number of methoxy groups -OCH3 is 1. The molecule has 1 saturated heterocycles. The molecule has 0 aromatic heterocycles. The number of likely N-dealkylation sites (tertiary alicyclic amines) is 1. The maximum Gasteiger partial charge on any atom is 0.328 e. The van der Waals surface area contributed by atoms with E-state index in [-0.39, 0.29) is 11.9 Å². The van der Waals surface area contributed by atoms with Gasteiger partial charge in [0.2, 0.25) is 5.91 Å². The summed E-state index contributed by atoms with van der Waals surface area (Å²) in [5.74, 6) is -0.295. The van der Waals surface area contributed by atoms with Gasteiger partial charge in [-0.25, -0.2) is 4.79 Å². The smallest absolute Gasteiger partial charge is 0.328 e. The number of nitrogens with zero attached hydrogens (tertiary/aromatic N) is 1. The molecule has 2 rings (SSSR count). The van der Waals surface area contributed by atoms with Crippen LogP contribution in [0.15, 0.2) is 12.1 Å². The number of rotatable bonds is 3. The number of hydrogen-bond acceptors (Lipinski definition) is 3. The Kier molecular flexibility index (Phi) is 4.66. The number of amides is 1. The fraction of sp³-hybridized carbons (Fsp3) is 0.529. The minimum atomic E-state index is -0.409. The van der Waals surface area contributed by atoms with Crippen molar-refractivity contribution in [3.8, 4) is 0 Å². The van der Waals surface area contributed by atoms with Gasteiger partial charge in [0.15, 0.2) is 0 Å². The van der Waals surface area contributed by atoms with Gasteiger partial charge in [0.05, 0.1) is 13.5 Å². The summed E-state index contributed by atoms with van der Waals surface area (Å²) >= 11 is 0. The monoisotopic (exact) mass is 289 g/mol. The van der Waals surface area contributed by atoms with E-state index in [4.69, 9.17) is 4.74 Å². The van der Waals surface area contributed by atoms with Gasteiger partial charge in [-0.05, 0) is 50.3 Å². The van der Waals surface area contributed by atoms with Gasteiger partial charge < -0.3 is 9.64 Å². The van der Waals surface area contributed by atoms with E-state index in [1.165, 1.54) is 12.7 Å². The molecule has 1 aromatic rings. The van der Waals surface area contributed by atoms with Crippen LogP contribution >= 0.6 is 0 Å². The zero-order valence-electron chi connectivity index (χ0n) is 13.2. The van der Waals surface area contributed by atoms with Crippen molar-refractivity contribution in [2.45, 2.75) is 46.1 Å². The van der Waals surface area contributed by atoms with E-state index in [0.717, 1.165) is 23.1 Å². The van der Waals surface area contributed by atoms with Crippen molar-refractivity contribution in [1.29, 1.82) is 0 Å². The zero-order chi connectivity index (χ0) is 15.6. The Bertz CT molecular complexity index is 542. The van der Waals surface area contributed by atoms with E-state index in [0.29, 0.717) is 19.4 Å². The van der Waals surface area contributed by atoms with Crippen LogP contribution in [0.3, 0.4) is 0 Å². The second-order valence-corrected chi connectivity index (χ2v) is 5.82. The fourth-order valence-corrected chi connectivity index (χ4v) is 3.19. The minimum Gasteiger partial charge on any atom is -0.467 e. The average molecular weight is 289 g/mol. The van der Waals surface area contributed by atoms with E-state index < -0.39 is 6.04 Å². The van der Waals surface area contributed by atoms with Crippen molar-refractivity contribution < 1.29 is 14.3 Å². The summed E-state index contributed by atoms with van der Waals surface area (Å²) in [5, 5.41) is 0. The molecule has 0 aliphatic carbocycles. The first-order valence-electron chi connectivity index (χ1n) is 7.38. The standard InChI is InChI=1S/C17H23NO3/c1-11-8-12(2)14(13(3)9-11)10-16(19)18-7-5-6-15(18)17(20)21-4/h8-9,15H,5-7,10H2,1-4H3. The van der Waals surface area contributed by atoms with Crippen LogP contribution in [0.25, 0.3) is 0 Å².